The minimum atomic E-state index is 0.0902. The number of hydrogen-bond acceptors (Lipinski definition) is 4. The predicted octanol–water partition coefficient (Wildman–Crippen LogP) is 2.34. The van der Waals surface area contributed by atoms with Crippen LogP contribution in [0.25, 0.3) is 5.69 Å². The lowest BCUT2D eigenvalue weighted by Crippen LogP contribution is -2.27. The standard InChI is InChI=1S/C15H22N4O/c1-3-10-16-15(12-20-4-2)14-11-17-19(18-14)13-8-6-5-7-9-13/h5-9,11,15-16H,3-4,10,12H2,1-2H3. The van der Waals surface area contributed by atoms with Gasteiger partial charge in [0, 0.05) is 6.61 Å². The zero-order valence-corrected chi connectivity index (χ0v) is 12.1. The Labute approximate surface area is 120 Å². The second-order valence-corrected chi connectivity index (χ2v) is 4.56. The van der Waals surface area contributed by atoms with E-state index in [-0.39, 0.29) is 6.04 Å². The van der Waals surface area contributed by atoms with Gasteiger partial charge in [-0.25, -0.2) is 0 Å². The molecule has 5 nitrogen and oxygen atoms in total. The number of nitrogens with one attached hydrogen (secondary N) is 1. The van der Waals surface area contributed by atoms with E-state index in [4.69, 9.17) is 4.74 Å². The van der Waals surface area contributed by atoms with Gasteiger partial charge < -0.3 is 10.1 Å². The van der Waals surface area contributed by atoms with Gasteiger partial charge in [0.1, 0.15) is 5.69 Å². The van der Waals surface area contributed by atoms with Gasteiger partial charge >= 0.3 is 0 Å². The molecule has 2 aromatic rings. The predicted molar refractivity (Wildman–Crippen MR) is 78.9 cm³/mol. The maximum atomic E-state index is 5.52. The molecule has 0 saturated carbocycles. The van der Waals surface area contributed by atoms with Gasteiger partial charge in [-0.15, -0.1) is 0 Å². The summed E-state index contributed by atoms with van der Waals surface area (Å²) >= 11 is 0. The quantitative estimate of drug-likeness (QED) is 0.803. The van der Waals surface area contributed by atoms with Gasteiger partial charge in [-0.3, -0.25) is 0 Å². The van der Waals surface area contributed by atoms with E-state index < -0.39 is 0 Å². The van der Waals surface area contributed by atoms with Gasteiger partial charge in [0.05, 0.1) is 24.5 Å². The topological polar surface area (TPSA) is 52.0 Å². The largest absolute Gasteiger partial charge is 0.380 e. The molecule has 0 fully saturated rings. The van der Waals surface area contributed by atoms with E-state index in [1.54, 1.807) is 11.0 Å². The van der Waals surface area contributed by atoms with Crippen molar-refractivity contribution in [2.45, 2.75) is 26.3 Å². The van der Waals surface area contributed by atoms with Crippen LogP contribution in [0.4, 0.5) is 0 Å². The molecular formula is C15H22N4O. The summed E-state index contributed by atoms with van der Waals surface area (Å²) in [5.74, 6) is 0. The zero-order valence-electron chi connectivity index (χ0n) is 12.1. The maximum Gasteiger partial charge on any atom is 0.102 e. The molecule has 0 saturated heterocycles. The fourth-order valence-electron chi connectivity index (χ4n) is 1.92. The Morgan fingerprint density at radius 3 is 2.75 bits per heavy atom. The molecule has 1 unspecified atom stereocenters. The van der Waals surface area contributed by atoms with Crippen LogP contribution in [0.1, 0.15) is 32.0 Å². The second kappa shape index (κ2) is 7.77. The van der Waals surface area contributed by atoms with Crippen LogP contribution in [-0.4, -0.2) is 34.8 Å². The lowest BCUT2D eigenvalue weighted by molar-refractivity contribution is 0.121. The van der Waals surface area contributed by atoms with Crippen molar-refractivity contribution in [1.82, 2.24) is 20.3 Å². The summed E-state index contributed by atoms with van der Waals surface area (Å²) < 4.78 is 5.52. The third-order valence-electron chi connectivity index (χ3n) is 2.98. The number of benzene rings is 1. The van der Waals surface area contributed by atoms with Crippen molar-refractivity contribution >= 4 is 0 Å². The van der Waals surface area contributed by atoms with Gasteiger partial charge in [-0.1, -0.05) is 25.1 Å². The molecule has 0 bridgehead atoms. The van der Waals surface area contributed by atoms with E-state index in [2.05, 4.69) is 22.4 Å². The molecule has 1 aromatic carbocycles. The van der Waals surface area contributed by atoms with Crippen molar-refractivity contribution in [2.24, 2.45) is 0 Å². The molecule has 2 rings (SSSR count). The van der Waals surface area contributed by atoms with Crippen LogP contribution >= 0.6 is 0 Å². The normalized spacial score (nSPS) is 12.5. The summed E-state index contributed by atoms with van der Waals surface area (Å²) in [7, 11) is 0. The van der Waals surface area contributed by atoms with Crippen molar-refractivity contribution in [3.63, 3.8) is 0 Å². The molecule has 0 aliphatic rings. The van der Waals surface area contributed by atoms with E-state index in [1.165, 1.54) is 0 Å². The van der Waals surface area contributed by atoms with Crippen molar-refractivity contribution in [1.29, 1.82) is 0 Å². The highest BCUT2D eigenvalue weighted by Gasteiger charge is 2.15. The molecule has 20 heavy (non-hydrogen) atoms. The Morgan fingerprint density at radius 1 is 1.25 bits per heavy atom. The highest BCUT2D eigenvalue weighted by molar-refractivity contribution is 5.28. The van der Waals surface area contributed by atoms with Gasteiger partial charge in [-0.2, -0.15) is 15.0 Å². The Bertz CT molecular complexity index is 490. The third-order valence-corrected chi connectivity index (χ3v) is 2.98. The Morgan fingerprint density at radius 2 is 2.05 bits per heavy atom. The molecule has 0 aliphatic heterocycles. The van der Waals surface area contributed by atoms with Crippen molar-refractivity contribution in [2.75, 3.05) is 19.8 Å². The first kappa shape index (κ1) is 14.7. The smallest absolute Gasteiger partial charge is 0.102 e. The summed E-state index contributed by atoms with van der Waals surface area (Å²) in [6.45, 7) is 6.40. The monoisotopic (exact) mass is 274 g/mol. The van der Waals surface area contributed by atoms with Gasteiger partial charge in [0.25, 0.3) is 0 Å². The summed E-state index contributed by atoms with van der Waals surface area (Å²) in [4.78, 5) is 1.65. The molecule has 0 aliphatic carbocycles. The number of nitrogens with zero attached hydrogens (tertiary/aromatic N) is 3. The number of hydrogen-bond donors (Lipinski definition) is 1. The van der Waals surface area contributed by atoms with Crippen LogP contribution in [0.2, 0.25) is 0 Å². The summed E-state index contributed by atoms with van der Waals surface area (Å²) in [6, 6.07) is 10.00. The number of aromatic nitrogens is 3. The van der Waals surface area contributed by atoms with Crippen LogP contribution < -0.4 is 5.32 Å². The van der Waals surface area contributed by atoms with E-state index in [1.807, 2.05) is 37.3 Å². The van der Waals surface area contributed by atoms with Gasteiger partial charge in [-0.05, 0) is 32.0 Å². The van der Waals surface area contributed by atoms with Crippen LogP contribution in [0.15, 0.2) is 36.5 Å². The average molecular weight is 274 g/mol. The summed E-state index contributed by atoms with van der Waals surface area (Å²) in [5.41, 5.74) is 1.88. The molecule has 1 atom stereocenters. The highest BCUT2D eigenvalue weighted by atomic mass is 16.5. The number of para-hydroxylation sites is 1. The van der Waals surface area contributed by atoms with Crippen LogP contribution in [-0.2, 0) is 4.74 Å². The van der Waals surface area contributed by atoms with Crippen molar-refractivity contribution in [3.05, 3.63) is 42.2 Å². The first-order chi connectivity index (χ1) is 9.85. The molecule has 108 valence electrons. The van der Waals surface area contributed by atoms with E-state index >= 15 is 0 Å². The van der Waals surface area contributed by atoms with Crippen molar-refractivity contribution < 1.29 is 4.74 Å². The van der Waals surface area contributed by atoms with E-state index in [9.17, 15) is 0 Å². The lowest BCUT2D eigenvalue weighted by Gasteiger charge is -2.15. The first-order valence-electron chi connectivity index (χ1n) is 7.14. The first-order valence-corrected chi connectivity index (χ1v) is 7.14. The number of ether oxygens (including phenoxy) is 1. The SMILES string of the molecule is CCCNC(COCC)c1cnn(-c2ccccc2)n1. The van der Waals surface area contributed by atoms with Crippen LogP contribution in [0, 0.1) is 0 Å². The molecule has 5 heteroatoms. The van der Waals surface area contributed by atoms with Crippen molar-refractivity contribution in [3.8, 4) is 5.69 Å². The Kier molecular flexibility index (Phi) is 5.70. The Balaban J connectivity index is 2.11. The van der Waals surface area contributed by atoms with E-state index in [0.717, 1.165) is 24.3 Å². The summed E-state index contributed by atoms with van der Waals surface area (Å²) in [5, 5.41) is 12.3. The minimum Gasteiger partial charge on any atom is -0.380 e. The molecule has 1 heterocycles. The fraction of sp³-hybridized carbons (Fsp3) is 0.467. The highest BCUT2D eigenvalue weighted by Crippen LogP contribution is 2.12. The Hall–Kier alpha value is -1.72. The molecule has 0 radical (unpaired) electrons. The third kappa shape index (κ3) is 3.88. The fourth-order valence-corrected chi connectivity index (χ4v) is 1.92. The maximum absolute atomic E-state index is 5.52. The van der Waals surface area contributed by atoms with Gasteiger partial charge in [0.2, 0.25) is 0 Å². The van der Waals surface area contributed by atoms with Crippen LogP contribution in [0.3, 0.4) is 0 Å². The zero-order chi connectivity index (χ0) is 14.2. The molecule has 0 amide bonds. The lowest BCUT2D eigenvalue weighted by atomic mass is 10.2. The minimum absolute atomic E-state index is 0.0902. The molecule has 0 spiro atoms. The molecular weight excluding hydrogens is 252 g/mol. The summed E-state index contributed by atoms with van der Waals surface area (Å²) in [6.07, 6.45) is 2.88. The van der Waals surface area contributed by atoms with E-state index in [0.29, 0.717) is 13.2 Å². The number of rotatable bonds is 8. The second-order valence-electron chi connectivity index (χ2n) is 4.56. The van der Waals surface area contributed by atoms with Crippen LogP contribution in [0.5, 0.6) is 0 Å². The average Bonchev–Trinajstić information content (AvgIpc) is 2.98. The molecule has 1 N–H and O–H groups in total. The van der Waals surface area contributed by atoms with Gasteiger partial charge in [0.15, 0.2) is 0 Å². The molecule has 1 aromatic heterocycles.